The molecule has 2 fully saturated rings. The van der Waals surface area contributed by atoms with E-state index in [2.05, 4.69) is 20.3 Å². The molecule has 4 heterocycles. The zero-order valence-corrected chi connectivity index (χ0v) is 13.4. The van der Waals surface area contributed by atoms with Gasteiger partial charge in [0.25, 0.3) is 0 Å². The topological polar surface area (TPSA) is 115 Å². The third-order valence-corrected chi connectivity index (χ3v) is 4.64. The molecule has 2 aromatic rings. The number of nitrogens with one attached hydrogen (secondary N) is 1. The molecule has 0 aromatic carbocycles. The number of fused-ring (bicyclic) bond motifs is 1. The first kappa shape index (κ1) is 15.7. The zero-order valence-electron chi connectivity index (χ0n) is 13.4. The summed E-state index contributed by atoms with van der Waals surface area (Å²) in [6.07, 6.45) is 1.48. The molecule has 2 saturated heterocycles. The van der Waals surface area contributed by atoms with E-state index in [0.717, 1.165) is 13.0 Å². The summed E-state index contributed by atoms with van der Waals surface area (Å²) in [7, 11) is 0. The maximum atomic E-state index is 10.3. The molecule has 0 saturated carbocycles. The molecule has 0 radical (unpaired) electrons. The van der Waals surface area contributed by atoms with E-state index in [-0.39, 0.29) is 6.04 Å². The minimum Gasteiger partial charge on any atom is -0.388 e. The number of hydrogen-bond donors (Lipinski definition) is 3. The van der Waals surface area contributed by atoms with Crippen LogP contribution in [0.4, 0.5) is 5.82 Å². The van der Waals surface area contributed by atoms with Gasteiger partial charge in [-0.1, -0.05) is 6.92 Å². The fourth-order valence-electron chi connectivity index (χ4n) is 3.28. The number of hydrogen-bond acceptors (Lipinski definition) is 8. The van der Waals surface area contributed by atoms with Crippen LogP contribution in [0.3, 0.4) is 0 Å². The first-order valence-electron chi connectivity index (χ1n) is 8.22. The van der Waals surface area contributed by atoms with Gasteiger partial charge < -0.3 is 25.0 Å². The van der Waals surface area contributed by atoms with E-state index in [1.807, 2.05) is 6.92 Å². The predicted molar refractivity (Wildman–Crippen MR) is 84.4 cm³/mol. The summed E-state index contributed by atoms with van der Waals surface area (Å²) in [5, 5.41) is 23.7. The Morgan fingerprint density at radius 3 is 2.88 bits per heavy atom. The van der Waals surface area contributed by atoms with Gasteiger partial charge >= 0.3 is 0 Å². The first-order chi connectivity index (χ1) is 11.7. The Kier molecular flexibility index (Phi) is 4.09. The molecule has 0 spiro atoms. The van der Waals surface area contributed by atoms with E-state index < -0.39 is 24.5 Å². The fraction of sp³-hybridized carbons (Fsp3) is 0.667. The second kappa shape index (κ2) is 6.25. The van der Waals surface area contributed by atoms with Crippen molar-refractivity contribution >= 4 is 17.0 Å². The van der Waals surface area contributed by atoms with E-state index in [4.69, 9.17) is 9.47 Å². The van der Waals surface area contributed by atoms with Gasteiger partial charge in [0, 0.05) is 6.61 Å². The van der Waals surface area contributed by atoms with Gasteiger partial charge in [0.15, 0.2) is 23.2 Å². The number of rotatable bonds is 4. The number of nitrogens with zero attached hydrogens (tertiary/aromatic N) is 4. The van der Waals surface area contributed by atoms with Crippen LogP contribution in [0, 0.1) is 0 Å². The highest BCUT2D eigenvalue weighted by Gasteiger charge is 2.43. The lowest BCUT2D eigenvalue weighted by atomic mass is 10.1. The summed E-state index contributed by atoms with van der Waals surface area (Å²) >= 11 is 0. The molecule has 0 aliphatic carbocycles. The Labute approximate surface area is 138 Å². The van der Waals surface area contributed by atoms with Crippen LogP contribution in [-0.4, -0.2) is 67.3 Å². The van der Waals surface area contributed by atoms with Crippen LogP contribution in [-0.2, 0) is 9.47 Å². The molecule has 2 aliphatic heterocycles. The van der Waals surface area contributed by atoms with Crippen LogP contribution in [0.15, 0.2) is 12.7 Å². The Hall–Kier alpha value is -1.81. The Morgan fingerprint density at radius 1 is 1.29 bits per heavy atom. The number of aliphatic hydroxyl groups is 2. The zero-order chi connectivity index (χ0) is 16.7. The average molecular weight is 335 g/mol. The Balaban J connectivity index is 1.65. The van der Waals surface area contributed by atoms with Crippen LogP contribution in [0.5, 0.6) is 0 Å². The largest absolute Gasteiger partial charge is 0.388 e. The molecule has 9 heteroatoms. The first-order valence-corrected chi connectivity index (χ1v) is 8.22. The highest BCUT2D eigenvalue weighted by molar-refractivity contribution is 5.82. The van der Waals surface area contributed by atoms with Gasteiger partial charge in [0.1, 0.15) is 18.5 Å². The van der Waals surface area contributed by atoms with Crippen LogP contribution in [0.1, 0.15) is 26.0 Å². The Bertz CT molecular complexity index is 717. The fourth-order valence-corrected chi connectivity index (χ4v) is 3.28. The molecule has 0 bridgehead atoms. The summed E-state index contributed by atoms with van der Waals surface area (Å²) in [5.74, 6) is 0.634. The summed E-state index contributed by atoms with van der Waals surface area (Å²) in [4.78, 5) is 12.9. The maximum absolute atomic E-state index is 10.3. The van der Waals surface area contributed by atoms with Crippen molar-refractivity contribution in [2.75, 3.05) is 18.5 Å². The minimum atomic E-state index is -1.03. The van der Waals surface area contributed by atoms with Gasteiger partial charge in [-0.2, -0.15) is 0 Å². The van der Waals surface area contributed by atoms with E-state index in [1.165, 1.54) is 6.33 Å². The molecule has 5 atom stereocenters. The molecule has 1 unspecified atom stereocenters. The van der Waals surface area contributed by atoms with Crippen molar-refractivity contribution in [2.45, 2.75) is 50.3 Å². The lowest BCUT2D eigenvalue weighted by molar-refractivity contribution is -0.0355. The lowest BCUT2D eigenvalue weighted by Crippen LogP contribution is -2.31. The van der Waals surface area contributed by atoms with Crippen molar-refractivity contribution < 1.29 is 19.7 Å². The van der Waals surface area contributed by atoms with E-state index in [9.17, 15) is 10.2 Å². The number of anilines is 1. The van der Waals surface area contributed by atoms with Crippen LogP contribution >= 0.6 is 0 Å². The van der Waals surface area contributed by atoms with Crippen molar-refractivity contribution in [3.05, 3.63) is 12.7 Å². The monoisotopic (exact) mass is 335 g/mol. The van der Waals surface area contributed by atoms with Gasteiger partial charge in [-0.25, -0.2) is 15.0 Å². The highest BCUT2D eigenvalue weighted by Crippen LogP contribution is 2.33. The highest BCUT2D eigenvalue weighted by atomic mass is 16.6. The predicted octanol–water partition coefficient (Wildman–Crippen LogP) is 0.0563. The van der Waals surface area contributed by atoms with Gasteiger partial charge in [-0.15, -0.1) is 0 Å². The van der Waals surface area contributed by atoms with Crippen LogP contribution in [0.25, 0.3) is 11.2 Å². The lowest BCUT2D eigenvalue weighted by Gasteiger charge is -2.17. The smallest absolute Gasteiger partial charge is 0.167 e. The third-order valence-electron chi connectivity index (χ3n) is 4.64. The van der Waals surface area contributed by atoms with Crippen LogP contribution in [0.2, 0.25) is 0 Å². The van der Waals surface area contributed by atoms with Crippen molar-refractivity contribution in [1.82, 2.24) is 19.5 Å². The normalized spacial score (nSPS) is 33.4. The van der Waals surface area contributed by atoms with Crippen molar-refractivity contribution in [1.29, 1.82) is 0 Å². The number of aromatic nitrogens is 4. The Morgan fingerprint density at radius 2 is 2.17 bits per heavy atom. The molecule has 0 amide bonds. The van der Waals surface area contributed by atoms with Crippen molar-refractivity contribution in [3.8, 4) is 0 Å². The molecular formula is C15H21N5O4. The summed E-state index contributed by atoms with van der Waals surface area (Å²) in [6.45, 7) is 3.28. The molecular weight excluding hydrogens is 314 g/mol. The minimum absolute atomic E-state index is 0.202. The second-order valence-electron chi connectivity index (χ2n) is 6.21. The number of aliphatic hydroxyl groups excluding tert-OH is 2. The summed E-state index contributed by atoms with van der Waals surface area (Å²) in [5.41, 5.74) is 1.16. The van der Waals surface area contributed by atoms with Crippen LogP contribution < -0.4 is 5.32 Å². The van der Waals surface area contributed by atoms with Crippen molar-refractivity contribution in [2.24, 2.45) is 0 Å². The molecule has 130 valence electrons. The average Bonchev–Trinajstić information content (AvgIpc) is 3.30. The SMILES string of the molecule is CC[C@H]1O[C@@H](n2cnc3c(NC4CCOC4)ncnc32)[C@H](O)[C@@H]1O. The molecule has 2 aromatic heterocycles. The van der Waals surface area contributed by atoms with E-state index in [0.29, 0.717) is 30.0 Å². The summed E-state index contributed by atoms with van der Waals surface area (Å²) in [6, 6.07) is 0.202. The van der Waals surface area contributed by atoms with Gasteiger partial charge in [0.05, 0.1) is 25.1 Å². The second-order valence-corrected chi connectivity index (χ2v) is 6.21. The number of imidazole rings is 1. The number of ether oxygens (including phenoxy) is 2. The van der Waals surface area contributed by atoms with E-state index >= 15 is 0 Å². The molecule has 9 nitrogen and oxygen atoms in total. The molecule has 4 rings (SSSR count). The molecule has 3 N–H and O–H groups in total. The van der Waals surface area contributed by atoms with Crippen molar-refractivity contribution in [3.63, 3.8) is 0 Å². The quantitative estimate of drug-likeness (QED) is 0.718. The van der Waals surface area contributed by atoms with Gasteiger partial charge in [-0.3, -0.25) is 4.57 Å². The molecule has 2 aliphatic rings. The standard InChI is InChI=1S/C15H21N5O4/c1-2-9-11(21)12(22)15(24-9)20-7-18-10-13(16-6-17-14(10)20)19-8-3-4-23-5-8/h6-9,11-12,15,21-22H,2-5H2,1H3,(H,16,17,19)/t8?,9-,11-,12-,15-/m1/s1. The van der Waals surface area contributed by atoms with Gasteiger partial charge in [-0.05, 0) is 12.8 Å². The maximum Gasteiger partial charge on any atom is 0.167 e. The van der Waals surface area contributed by atoms with E-state index in [1.54, 1.807) is 10.9 Å². The summed E-state index contributed by atoms with van der Waals surface area (Å²) < 4.78 is 12.8. The van der Waals surface area contributed by atoms with Gasteiger partial charge in [0.2, 0.25) is 0 Å². The molecule has 24 heavy (non-hydrogen) atoms. The third kappa shape index (κ3) is 2.53.